The lowest BCUT2D eigenvalue weighted by Crippen LogP contribution is -2.38. The summed E-state index contributed by atoms with van der Waals surface area (Å²) in [6, 6.07) is 2.93. The van der Waals surface area contributed by atoms with Gasteiger partial charge >= 0.3 is 0 Å². The highest BCUT2D eigenvalue weighted by molar-refractivity contribution is 7.91. The molecular formula is C11H13ClN2O3S. The van der Waals surface area contributed by atoms with Gasteiger partial charge in [-0.05, 0) is 18.6 Å². The van der Waals surface area contributed by atoms with E-state index in [9.17, 15) is 13.2 Å². The minimum absolute atomic E-state index is 0.0210. The molecule has 0 spiro atoms. The van der Waals surface area contributed by atoms with Crippen LogP contribution in [0.15, 0.2) is 18.3 Å². The summed E-state index contributed by atoms with van der Waals surface area (Å²) in [6.45, 7) is 0. The maximum absolute atomic E-state index is 12.2. The minimum atomic E-state index is -3.01. The van der Waals surface area contributed by atoms with E-state index in [4.69, 9.17) is 11.6 Å². The van der Waals surface area contributed by atoms with Gasteiger partial charge < -0.3 is 4.90 Å². The fourth-order valence-electron chi connectivity index (χ4n) is 1.98. The van der Waals surface area contributed by atoms with Gasteiger partial charge in [0.2, 0.25) is 0 Å². The summed E-state index contributed by atoms with van der Waals surface area (Å²) < 4.78 is 22.8. The first-order valence-corrected chi connectivity index (χ1v) is 7.69. The average molecular weight is 289 g/mol. The summed E-state index contributed by atoms with van der Waals surface area (Å²) in [4.78, 5) is 17.4. The molecule has 18 heavy (non-hydrogen) atoms. The highest BCUT2D eigenvalue weighted by Gasteiger charge is 2.33. The molecule has 1 atom stereocenters. The molecule has 2 heterocycles. The smallest absolute Gasteiger partial charge is 0.257 e. The quantitative estimate of drug-likeness (QED) is 0.761. The standard InChI is InChI=1S/C11H13ClN2O3S/c1-14(8-4-6-18(16,17)7-8)11(15)9-3-2-5-13-10(9)12/h2-3,5,8H,4,6-7H2,1H3/t8-/m1/s1. The molecule has 0 aromatic carbocycles. The molecule has 1 aliphatic heterocycles. The molecule has 7 heteroatoms. The number of carbonyl (C=O) groups is 1. The third kappa shape index (κ3) is 2.64. The van der Waals surface area contributed by atoms with Gasteiger partial charge in [-0.2, -0.15) is 0 Å². The van der Waals surface area contributed by atoms with Crippen molar-refractivity contribution in [3.05, 3.63) is 29.0 Å². The van der Waals surface area contributed by atoms with Crippen molar-refractivity contribution in [2.45, 2.75) is 12.5 Å². The second-order valence-electron chi connectivity index (χ2n) is 4.31. The van der Waals surface area contributed by atoms with Crippen molar-refractivity contribution in [1.29, 1.82) is 0 Å². The third-order valence-electron chi connectivity index (χ3n) is 3.07. The fourth-order valence-corrected chi connectivity index (χ4v) is 3.96. The lowest BCUT2D eigenvalue weighted by molar-refractivity contribution is 0.0747. The lowest BCUT2D eigenvalue weighted by Gasteiger charge is -2.23. The van der Waals surface area contributed by atoms with Crippen LogP contribution in [0.25, 0.3) is 0 Å². The summed E-state index contributed by atoms with van der Waals surface area (Å²) in [5, 5.41) is 0.134. The molecule has 0 aliphatic carbocycles. The predicted octanol–water partition coefficient (Wildman–Crippen LogP) is 0.994. The van der Waals surface area contributed by atoms with Crippen LogP contribution in [0, 0.1) is 0 Å². The molecule has 1 amide bonds. The van der Waals surface area contributed by atoms with Gasteiger partial charge in [0.1, 0.15) is 5.15 Å². The predicted molar refractivity (Wildman–Crippen MR) is 68.4 cm³/mol. The van der Waals surface area contributed by atoms with E-state index < -0.39 is 9.84 Å². The van der Waals surface area contributed by atoms with E-state index in [0.29, 0.717) is 12.0 Å². The highest BCUT2D eigenvalue weighted by Crippen LogP contribution is 2.20. The van der Waals surface area contributed by atoms with E-state index in [1.807, 2.05) is 0 Å². The van der Waals surface area contributed by atoms with E-state index in [0.717, 1.165) is 0 Å². The van der Waals surface area contributed by atoms with Gasteiger partial charge in [0, 0.05) is 19.3 Å². The Kier molecular flexibility index (Phi) is 3.59. The topological polar surface area (TPSA) is 67.3 Å². The molecule has 5 nitrogen and oxygen atoms in total. The van der Waals surface area contributed by atoms with E-state index in [2.05, 4.69) is 4.98 Å². The maximum Gasteiger partial charge on any atom is 0.257 e. The van der Waals surface area contributed by atoms with E-state index in [1.165, 1.54) is 11.1 Å². The van der Waals surface area contributed by atoms with Crippen LogP contribution < -0.4 is 0 Å². The first-order chi connectivity index (χ1) is 8.41. The molecule has 1 aromatic heterocycles. The number of pyridine rings is 1. The van der Waals surface area contributed by atoms with E-state index >= 15 is 0 Å². The Morgan fingerprint density at radius 1 is 1.56 bits per heavy atom. The molecule has 0 unspecified atom stereocenters. The highest BCUT2D eigenvalue weighted by atomic mass is 35.5. The summed E-state index contributed by atoms with van der Waals surface area (Å²) in [5.74, 6) is -0.140. The number of aromatic nitrogens is 1. The van der Waals surface area contributed by atoms with Crippen LogP contribution in [0.4, 0.5) is 0 Å². The summed E-state index contributed by atoms with van der Waals surface area (Å²) in [7, 11) is -1.41. The SMILES string of the molecule is CN(C(=O)c1cccnc1Cl)[C@@H]1CCS(=O)(=O)C1. The first kappa shape index (κ1) is 13.3. The van der Waals surface area contributed by atoms with Gasteiger partial charge in [0.15, 0.2) is 9.84 Å². The molecule has 1 fully saturated rings. The minimum Gasteiger partial charge on any atom is -0.338 e. The van der Waals surface area contributed by atoms with Crippen LogP contribution in [0.3, 0.4) is 0 Å². The Hall–Kier alpha value is -1.14. The van der Waals surface area contributed by atoms with E-state index in [-0.39, 0.29) is 28.6 Å². The third-order valence-corrected chi connectivity index (χ3v) is 5.12. The number of nitrogens with zero attached hydrogens (tertiary/aromatic N) is 2. The lowest BCUT2D eigenvalue weighted by atomic mass is 10.2. The molecular weight excluding hydrogens is 276 g/mol. The Morgan fingerprint density at radius 2 is 2.28 bits per heavy atom. The number of amides is 1. The number of hydrogen-bond acceptors (Lipinski definition) is 4. The second-order valence-corrected chi connectivity index (χ2v) is 6.90. The molecule has 0 N–H and O–H groups in total. The largest absolute Gasteiger partial charge is 0.338 e. The zero-order chi connectivity index (χ0) is 13.3. The van der Waals surface area contributed by atoms with Crippen molar-refractivity contribution in [1.82, 2.24) is 9.88 Å². The Morgan fingerprint density at radius 3 is 2.83 bits per heavy atom. The second kappa shape index (κ2) is 4.85. The molecule has 1 aliphatic rings. The van der Waals surface area contributed by atoms with Crippen LogP contribution in [-0.4, -0.2) is 48.8 Å². The van der Waals surface area contributed by atoms with Crippen LogP contribution in [0.2, 0.25) is 5.15 Å². The Balaban J connectivity index is 2.18. The number of carbonyl (C=O) groups excluding carboxylic acids is 1. The zero-order valence-corrected chi connectivity index (χ0v) is 11.4. The van der Waals surface area contributed by atoms with Crippen molar-refractivity contribution in [3.8, 4) is 0 Å². The maximum atomic E-state index is 12.2. The van der Waals surface area contributed by atoms with Gasteiger partial charge in [-0.3, -0.25) is 4.79 Å². The van der Waals surface area contributed by atoms with Crippen molar-refractivity contribution in [2.75, 3.05) is 18.6 Å². The molecule has 98 valence electrons. The van der Waals surface area contributed by atoms with E-state index in [1.54, 1.807) is 19.2 Å². The molecule has 1 saturated heterocycles. The van der Waals surface area contributed by atoms with Gasteiger partial charge in [-0.25, -0.2) is 13.4 Å². The molecule has 2 rings (SSSR count). The number of hydrogen-bond donors (Lipinski definition) is 0. The fraction of sp³-hybridized carbons (Fsp3) is 0.455. The first-order valence-electron chi connectivity index (χ1n) is 5.49. The van der Waals surface area contributed by atoms with Crippen LogP contribution >= 0.6 is 11.6 Å². The molecule has 0 saturated carbocycles. The number of halogens is 1. The molecule has 1 aromatic rings. The Labute approximate surface area is 111 Å². The molecule has 0 bridgehead atoms. The van der Waals surface area contributed by atoms with Gasteiger partial charge in [0.05, 0.1) is 17.1 Å². The number of rotatable bonds is 2. The van der Waals surface area contributed by atoms with Crippen molar-refractivity contribution in [2.24, 2.45) is 0 Å². The molecule has 0 radical (unpaired) electrons. The summed E-state index contributed by atoms with van der Waals surface area (Å²) >= 11 is 5.85. The van der Waals surface area contributed by atoms with Crippen molar-refractivity contribution in [3.63, 3.8) is 0 Å². The summed E-state index contributed by atoms with van der Waals surface area (Å²) in [6.07, 6.45) is 1.97. The normalized spacial score (nSPS) is 21.8. The van der Waals surface area contributed by atoms with Crippen LogP contribution in [0.5, 0.6) is 0 Å². The van der Waals surface area contributed by atoms with Crippen molar-refractivity contribution < 1.29 is 13.2 Å². The van der Waals surface area contributed by atoms with Crippen molar-refractivity contribution >= 4 is 27.3 Å². The average Bonchev–Trinajstić information content (AvgIpc) is 2.68. The summed E-state index contributed by atoms with van der Waals surface area (Å²) in [5.41, 5.74) is 0.297. The van der Waals surface area contributed by atoms with Gasteiger partial charge in [0.25, 0.3) is 5.91 Å². The van der Waals surface area contributed by atoms with Crippen LogP contribution in [0.1, 0.15) is 16.8 Å². The Bertz CT molecular complexity index is 573. The number of sulfone groups is 1. The zero-order valence-electron chi connectivity index (χ0n) is 9.84. The van der Waals surface area contributed by atoms with Gasteiger partial charge in [-0.1, -0.05) is 11.6 Å². The van der Waals surface area contributed by atoms with Gasteiger partial charge in [-0.15, -0.1) is 0 Å². The van der Waals surface area contributed by atoms with Crippen LogP contribution in [-0.2, 0) is 9.84 Å². The monoisotopic (exact) mass is 288 g/mol.